The maximum Gasteiger partial charge on any atom is 0.252 e. The minimum absolute atomic E-state index is 0.0677. The van der Waals surface area contributed by atoms with Gasteiger partial charge in [0.1, 0.15) is 0 Å². The average Bonchev–Trinajstić information content (AvgIpc) is 3.27. The molecule has 2 heterocycles. The van der Waals surface area contributed by atoms with Crippen molar-refractivity contribution in [2.75, 3.05) is 6.79 Å². The number of nitrogens with one attached hydrogen (secondary N) is 1. The summed E-state index contributed by atoms with van der Waals surface area (Å²) in [7, 11) is -3.90. The standard InChI is InChI=1S/C26H24N2O5S/c1-17-4-8-22(9-5-17)34(30,31)28(14-19-6-10-24-25(12-19)33-16-32-24)15-21-13-20-7-3-18(2)11-23(20)27-26(21)29/h3-13H,14-16H2,1-2H3,(H,27,29). The van der Waals surface area contributed by atoms with Crippen molar-refractivity contribution in [1.82, 2.24) is 9.29 Å². The van der Waals surface area contributed by atoms with Gasteiger partial charge in [0.05, 0.1) is 4.90 Å². The van der Waals surface area contributed by atoms with Crippen LogP contribution in [0.4, 0.5) is 0 Å². The maximum atomic E-state index is 13.7. The molecule has 7 nitrogen and oxygen atoms in total. The Morgan fingerprint density at radius 1 is 0.853 bits per heavy atom. The number of rotatable bonds is 6. The highest BCUT2D eigenvalue weighted by atomic mass is 32.2. The molecule has 0 atom stereocenters. The van der Waals surface area contributed by atoms with E-state index in [2.05, 4.69) is 4.98 Å². The number of sulfonamides is 1. The van der Waals surface area contributed by atoms with E-state index in [4.69, 9.17) is 9.47 Å². The summed E-state index contributed by atoms with van der Waals surface area (Å²) < 4.78 is 39.5. The van der Waals surface area contributed by atoms with Crippen LogP contribution in [0.15, 0.2) is 76.4 Å². The predicted octanol–water partition coefficient (Wildman–Crippen LogP) is 4.26. The van der Waals surface area contributed by atoms with Gasteiger partial charge in [0.15, 0.2) is 11.5 Å². The van der Waals surface area contributed by atoms with E-state index < -0.39 is 10.0 Å². The highest BCUT2D eigenvalue weighted by Gasteiger charge is 2.27. The largest absolute Gasteiger partial charge is 0.454 e. The first-order chi connectivity index (χ1) is 16.3. The van der Waals surface area contributed by atoms with Crippen molar-refractivity contribution in [2.24, 2.45) is 0 Å². The fourth-order valence-corrected chi connectivity index (χ4v) is 5.40. The molecule has 0 spiro atoms. The van der Waals surface area contributed by atoms with E-state index in [0.29, 0.717) is 17.1 Å². The summed E-state index contributed by atoms with van der Waals surface area (Å²) in [5, 5.41) is 0.843. The van der Waals surface area contributed by atoms with Gasteiger partial charge in [0, 0.05) is 24.2 Å². The molecule has 0 saturated carbocycles. The van der Waals surface area contributed by atoms with E-state index in [1.807, 2.05) is 32.0 Å². The topological polar surface area (TPSA) is 88.7 Å². The molecule has 0 aliphatic carbocycles. The minimum atomic E-state index is -3.90. The number of hydrogen-bond donors (Lipinski definition) is 1. The zero-order valence-electron chi connectivity index (χ0n) is 18.9. The zero-order chi connectivity index (χ0) is 23.9. The monoisotopic (exact) mass is 476 g/mol. The van der Waals surface area contributed by atoms with Crippen molar-refractivity contribution in [2.45, 2.75) is 31.8 Å². The molecule has 3 aromatic carbocycles. The Morgan fingerprint density at radius 3 is 2.38 bits per heavy atom. The number of H-pyrrole nitrogens is 1. The van der Waals surface area contributed by atoms with Crippen LogP contribution in [-0.4, -0.2) is 24.5 Å². The summed E-state index contributed by atoms with van der Waals surface area (Å²) in [6.45, 7) is 3.97. The lowest BCUT2D eigenvalue weighted by molar-refractivity contribution is 0.174. The Labute approximate surface area is 197 Å². The molecule has 1 aliphatic rings. The molecule has 4 aromatic rings. The van der Waals surface area contributed by atoms with Gasteiger partial charge in [-0.15, -0.1) is 0 Å². The van der Waals surface area contributed by atoms with Gasteiger partial charge in [-0.2, -0.15) is 4.31 Å². The summed E-state index contributed by atoms with van der Waals surface area (Å²) >= 11 is 0. The number of benzene rings is 3. The summed E-state index contributed by atoms with van der Waals surface area (Å²) in [5.41, 5.74) is 3.50. The summed E-state index contributed by atoms with van der Waals surface area (Å²) in [6.07, 6.45) is 0. The average molecular weight is 477 g/mol. The normalized spacial score (nSPS) is 13.0. The number of aryl methyl sites for hydroxylation is 2. The Bertz CT molecular complexity index is 1540. The van der Waals surface area contributed by atoms with Crippen LogP contribution in [0.25, 0.3) is 10.9 Å². The van der Waals surface area contributed by atoms with Crippen LogP contribution in [0.5, 0.6) is 11.5 Å². The molecular weight excluding hydrogens is 452 g/mol. The van der Waals surface area contributed by atoms with E-state index in [-0.39, 0.29) is 30.3 Å². The summed E-state index contributed by atoms with van der Waals surface area (Å²) in [5.74, 6) is 1.20. The summed E-state index contributed by atoms with van der Waals surface area (Å²) in [4.78, 5) is 15.9. The Kier molecular flexibility index (Phi) is 5.63. The Balaban J connectivity index is 1.55. The lowest BCUT2D eigenvalue weighted by Gasteiger charge is -2.23. The molecule has 0 radical (unpaired) electrons. The van der Waals surface area contributed by atoms with Crippen LogP contribution in [0.3, 0.4) is 0 Å². The Morgan fingerprint density at radius 2 is 1.59 bits per heavy atom. The highest BCUT2D eigenvalue weighted by molar-refractivity contribution is 7.89. The third kappa shape index (κ3) is 4.30. The molecule has 1 aliphatic heterocycles. The maximum absolute atomic E-state index is 13.7. The molecule has 0 amide bonds. The molecule has 1 aromatic heterocycles. The zero-order valence-corrected chi connectivity index (χ0v) is 19.7. The van der Waals surface area contributed by atoms with Crippen LogP contribution >= 0.6 is 0 Å². The lowest BCUT2D eigenvalue weighted by Crippen LogP contribution is -2.32. The van der Waals surface area contributed by atoms with Gasteiger partial charge in [-0.3, -0.25) is 4.79 Å². The quantitative estimate of drug-likeness (QED) is 0.449. The second-order valence-corrected chi connectivity index (χ2v) is 10.4. The van der Waals surface area contributed by atoms with Gasteiger partial charge in [0.25, 0.3) is 5.56 Å². The van der Waals surface area contributed by atoms with Gasteiger partial charge in [-0.1, -0.05) is 35.9 Å². The third-order valence-electron chi connectivity index (χ3n) is 5.88. The molecule has 8 heteroatoms. The minimum Gasteiger partial charge on any atom is -0.454 e. The van der Waals surface area contributed by atoms with Crippen LogP contribution in [-0.2, 0) is 23.1 Å². The first-order valence-electron chi connectivity index (χ1n) is 10.9. The molecule has 1 N–H and O–H groups in total. The highest BCUT2D eigenvalue weighted by Crippen LogP contribution is 2.33. The van der Waals surface area contributed by atoms with Gasteiger partial charge < -0.3 is 14.5 Å². The molecule has 0 fully saturated rings. The van der Waals surface area contributed by atoms with Gasteiger partial charge in [0.2, 0.25) is 16.8 Å². The molecule has 0 bridgehead atoms. The number of aromatic amines is 1. The number of hydrogen-bond acceptors (Lipinski definition) is 5. The van der Waals surface area contributed by atoms with Crippen molar-refractivity contribution in [1.29, 1.82) is 0 Å². The number of nitrogens with zero attached hydrogens (tertiary/aromatic N) is 1. The number of fused-ring (bicyclic) bond motifs is 2. The van der Waals surface area contributed by atoms with Gasteiger partial charge in [-0.05, 0) is 66.8 Å². The third-order valence-corrected chi connectivity index (χ3v) is 7.69. The van der Waals surface area contributed by atoms with E-state index in [9.17, 15) is 13.2 Å². The first-order valence-corrected chi connectivity index (χ1v) is 12.3. The van der Waals surface area contributed by atoms with Crippen molar-refractivity contribution >= 4 is 20.9 Å². The van der Waals surface area contributed by atoms with E-state index >= 15 is 0 Å². The van der Waals surface area contributed by atoms with Crippen LogP contribution in [0.2, 0.25) is 0 Å². The number of aromatic nitrogens is 1. The first kappa shape index (κ1) is 22.2. The number of ether oxygens (including phenoxy) is 2. The van der Waals surface area contributed by atoms with Crippen molar-refractivity contribution in [3.8, 4) is 11.5 Å². The lowest BCUT2D eigenvalue weighted by atomic mass is 10.1. The van der Waals surface area contributed by atoms with Crippen molar-refractivity contribution in [3.05, 3.63) is 99.3 Å². The predicted molar refractivity (Wildman–Crippen MR) is 129 cm³/mol. The van der Waals surface area contributed by atoms with Crippen LogP contribution in [0.1, 0.15) is 22.3 Å². The fraction of sp³-hybridized carbons (Fsp3) is 0.192. The molecular formula is C26H24N2O5S. The molecule has 0 saturated heterocycles. The van der Waals surface area contributed by atoms with Crippen molar-refractivity contribution < 1.29 is 17.9 Å². The van der Waals surface area contributed by atoms with E-state index in [1.165, 1.54) is 4.31 Å². The fourth-order valence-electron chi connectivity index (χ4n) is 4.00. The van der Waals surface area contributed by atoms with Crippen molar-refractivity contribution in [3.63, 3.8) is 0 Å². The smallest absolute Gasteiger partial charge is 0.252 e. The number of pyridine rings is 1. The second kappa shape index (κ2) is 8.62. The van der Waals surface area contributed by atoms with Gasteiger partial charge in [-0.25, -0.2) is 8.42 Å². The van der Waals surface area contributed by atoms with Crippen LogP contribution < -0.4 is 15.0 Å². The van der Waals surface area contributed by atoms with Crippen LogP contribution in [0, 0.1) is 13.8 Å². The summed E-state index contributed by atoms with van der Waals surface area (Å²) in [6, 6.07) is 19.6. The van der Waals surface area contributed by atoms with E-state index in [0.717, 1.165) is 27.6 Å². The van der Waals surface area contributed by atoms with E-state index in [1.54, 1.807) is 48.5 Å². The SMILES string of the molecule is Cc1ccc(S(=O)(=O)N(Cc2ccc3c(c2)OCO3)Cc2cc3ccc(C)cc3[nH]c2=O)cc1. The second-order valence-electron chi connectivity index (χ2n) is 8.49. The Hall–Kier alpha value is -3.62. The molecule has 0 unspecified atom stereocenters. The molecule has 174 valence electrons. The van der Waals surface area contributed by atoms with Gasteiger partial charge >= 0.3 is 0 Å². The molecule has 5 rings (SSSR count). The molecule has 34 heavy (non-hydrogen) atoms.